The fourth-order valence-corrected chi connectivity index (χ4v) is 5.00. The highest BCUT2D eigenvalue weighted by molar-refractivity contribution is 5.78. The Morgan fingerprint density at radius 3 is 1.85 bits per heavy atom. The number of phenols is 1. The average molecular weight is 749 g/mol. The first-order valence-corrected chi connectivity index (χ1v) is 17.5. The lowest BCUT2D eigenvalue weighted by atomic mass is 9.93. The van der Waals surface area contributed by atoms with Crippen molar-refractivity contribution in [3.8, 4) is 11.6 Å². The van der Waals surface area contributed by atoms with Gasteiger partial charge >= 0.3 is 23.9 Å². The maximum Gasteiger partial charge on any atom is 0.311 e. The number of phenolic OH excluding ortho intramolecular Hbond substituents is 1. The molecule has 1 aliphatic rings. The van der Waals surface area contributed by atoms with E-state index in [0.717, 1.165) is 11.1 Å². The maximum atomic E-state index is 13.8. The average Bonchev–Trinajstić information content (AvgIpc) is 3.55. The Labute approximate surface area is 319 Å². The number of hydrogen-bond donors (Lipinski definition) is 2. The van der Waals surface area contributed by atoms with Crippen molar-refractivity contribution in [1.29, 1.82) is 0 Å². The number of nitrogens with one attached hydrogen (secondary N) is 1. The molecule has 1 aromatic carbocycles. The number of rotatable bonds is 10. The van der Waals surface area contributed by atoms with Crippen molar-refractivity contribution in [3.63, 3.8) is 0 Å². The zero-order valence-corrected chi connectivity index (χ0v) is 32.9. The number of carbonyl (C=O) groups is 4. The van der Waals surface area contributed by atoms with Crippen LogP contribution in [0.3, 0.4) is 0 Å². The number of benzene rings is 1. The molecule has 1 aromatic heterocycles. The molecule has 5 atom stereocenters. The SMILES string of the molecule is [2H]CC(C)(C)C(=O)OC[C@H]1OC(Oc2n[nH]c(C(C)C)c2Cc2ccc(O)cc2C)[C@H](OC(=O)C(C)(C)C[2H])[C@@H](OC(=O)C(C)(C)C[2H])[C@@H]1OC(=O)C(C)(C)C[2H]. The molecular formula is C40H60N2O11. The fourth-order valence-electron chi connectivity index (χ4n) is 5.00. The number of H-pyrrole nitrogens is 1. The Balaban J connectivity index is 2.30. The van der Waals surface area contributed by atoms with Gasteiger partial charge in [-0.05, 0) is 119 Å². The second-order valence-corrected chi connectivity index (χ2v) is 16.8. The molecule has 2 aromatic rings. The van der Waals surface area contributed by atoms with E-state index < -0.39 is 104 Å². The second kappa shape index (κ2) is 16.1. The minimum Gasteiger partial charge on any atom is -0.508 e. The van der Waals surface area contributed by atoms with Crippen molar-refractivity contribution in [3.05, 3.63) is 40.6 Å². The Kier molecular flexibility index (Phi) is 11.3. The van der Waals surface area contributed by atoms with Gasteiger partial charge in [-0.2, -0.15) is 0 Å². The molecule has 2 N–H and O–H groups in total. The standard InChI is InChI=1S/C40H60N2O11/c1-21(2)27-25(19-23-16-17-24(43)18-22(23)3)31(42-41-27)53-32-30(52-36(47)40(13,14)15)29(51-35(46)39(10,11)12)28(50-34(45)38(7,8)9)26(49-32)20-48-33(44)37(4,5)6/h16-18,21,26,28-30,32,43H,19-20H2,1-15H3,(H,41,42)/t26-,28-,29+,30-,32?/m1/s1/i4D,7D,10D,13D. The third kappa shape index (κ3) is 11.2. The van der Waals surface area contributed by atoms with Gasteiger partial charge < -0.3 is 33.5 Å². The number of aromatic hydroxyl groups is 1. The van der Waals surface area contributed by atoms with Crippen LogP contribution in [0, 0.1) is 28.6 Å². The zero-order valence-electron chi connectivity index (χ0n) is 36.9. The van der Waals surface area contributed by atoms with E-state index in [4.69, 9.17) is 33.9 Å². The summed E-state index contributed by atoms with van der Waals surface area (Å²) >= 11 is 0. The molecule has 13 heteroatoms. The summed E-state index contributed by atoms with van der Waals surface area (Å²) < 4.78 is 68.5. The number of aryl methyl sites for hydroxylation is 1. The molecule has 0 spiro atoms. The molecule has 296 valence electrons. The van der Waals surface area contributed by atoms with Gasteiger partial charge in [0.25, 0.3) is 0 Å². The van der Waals surface area contributed by atoms with Crippen LogP contribution in [0.1, 0.15) is 131 Å². The molecule has 2 heterocycles. The van der Waals surface area contributed by atoms with Crippen molar-refractivity contribution in [1.82, 2.24) is 10.2 Å². The van der Waals surface area contributed by atoms with Crippen molar-refractivity contribution >= 4 is 23.9 Å². The molecule has 1 fully saturated rings. The van der Waals surface area contributed by atoms with Crippen LogP contribution in [0.25, 0.3) is 0 Å². The lowest BCUT2D eigenvalue weighted by molar-refractivity contribution is -0.294. The molecule has 0 aliphatic carbocycles. The van der Waals surface area contributed by atoms with Crippen LogP contribution in [-0.4, -0.2) is 76.5 Å². The van der Waals surface area contributed by atoms with Crippen LogP contribution < -0.4 is 4.74 Å². The number of aromatic nitrogens is 2. The van der Waals surface area contributed by atoms with Crippen molar-refractivity contribution in [2.45, 2.75) is 147 Å². The summed E-state index contributed by atoms with van der Waals surface area (Å²) in [7, 11) is 0. The number of nitrogens with zero attached hydrogens (tertiary/aromatic N) is 1. The van der Waals surface area contributed by atoms with Crippen LogP contribution in [0.5, 0.6) is 11.6 Å². The lowest BCUT2D eigenvalue weighted by Crippen LogP contribution is -2.65. The molecule has 0 bridgehead atoms. The highest BCUT2D eigenvalue weighted by Gasteiger charge is 2.56. The number of carbonyl (C=O) groups excluding carboxylic acids is 4. The monoisotopic (exact) mass is 748 g/mol. The lowest BCUT2D eigenvalue weighted by Gasteiger charge is -2.45. The summed E-state index contributed by atoms with van der Waals surface area (Å²) in [5.74, 6) is -3.46. The van der Waals surface area contributed by atoms with Gasteiger partial charge in [0.2, 0.25) is 18.3 Å². The summed E-state index contributed by atoms with van der Waals surface area (Å²) in [5.41, 5.74) is -2.48. The summed E-state index contributed by atoms with van der Waals surface area (Å²) in [5, 5.41) is 17.5. The molecular weight excluding hydrogens is 684 g/mol. The smallest absolute Gasteiger partial charge is 0.311 e. The second-order valence-electron chi connectivity index (χ2n) is 16.8. The number of aromatic amines is 1. The van der Waals surface area contributed by atoms with E-state index in [9.17, 15) is 24.3 Å². The summed E-state index contributed by atoms with van der Waals surface area (Å²) in [6.45, 7) is 15.5. The van der Waals surface area contributed by atoms with Gasteiger partial charge in [0.05, 0.1) is 21.7 Å². The summed E-state index contributed by atoms with van der Waals surface area (Å²) in [6.07, 6.45) is -7.91. The van der Waals surface area contributed by atoms with Gasteiger partial charge in [-0.15, -0.1) is 5.10 Å². The molecule has 13 nitrogen and oxygen atoms in total. The predicted octanol–water partition coefficient (Wildman–Crippen LogP) is 6.70. The minimum atomic E-state index is -1.71. The predicted molar refractivity (Wildman–Crippen MR) is 196 cm³/mol. The third-order valence-electron chi connectivity index (χ3n) is 8.27. The topological polar surface area (TPSA) is 173 Å². The first kappa shape index (κ1) is 37.2. The maximum absolute atomic E-state index is 13.8. The molecule has 0 amide bonds. The van der Waals surface area contributed by atoms with E-state index in [-0.39, 0.29) is 30.9 Å². The van der Waals surface area contributed by atoms with E-state index in [2.05, 4.69) is 10.2 Å². The molecule has 53 heavy (non-hydrogen) atoms. The molecule has 0 saturated carbocycles. The van der Waals surface area contributed by atoms with Crippen LogP contribution in [0.2, 0.25) is 0 Å². The van der Waals surface area contributed by atoms with Crippen LogP contribution in [-0.2, 0) is 49.3 Å². The van der Waals surface area contributed by atoms with E-state index in [0.29, 0.717) is 11.3 Å². The van der Waals surface area contributed by atoms with Crippen LogP contribution in [0.15, 0.2) is 18.2 Å². The van der Waals surface area contributed by atoms with E-state index >= 15 is 0 Å². The zero-order chi connectivity index (χ0) is 43.3. The summed E-state index contributed by atoms with van der Waals surface area (Å²) in [4.78, 5) is 54.5. The number of hydrogen-bond acceptors (Lipinski definition) is 12. The Morgan fingerprint density at radius 2 is 1.34 bits per heavy atom. The van der Waals surface area contributed by atoms with Gasteiger partial charge in [-0.1, -0.05) is 19.9 Å². The highest BCUT2D eigenvalue weighted by Crippen LogP contribution is 2.37. The van der Waals surface area contributed by atoms with Gasteiger partial charge in [-0.25, -0.2) is 0 Å². The highest BCUT2D eigenvalue weighted by atomic mass is 16.7. The van der Waals surface area contributed by atoms with Crippen molar-refractivity contribution < 1.29 is 58.2 Å². The first-order chi connectivity index (χ1) is 26.3. The number of esters is 4. The molecule has 0 radical (unpaired) electrons. The summed E-state index contributed by atoms with van der Waals surface area (Å²) in [6, 6.07) is 4.94. The molecule has 1 aliphatic heterocycles. The minimum absolute atomic E-state index is 0.0189. The van der Waals surface area contributed by atoms with Gasteiger partial charge in [0.15, 0.2) is 12.2 Å². The van der Waals surface area contributed by atoms with Crippen molar-refractivity contribution in [2.75, 3.05) is 6.61 Å². The van der Waals surface area contributed by atoms with Gasteiger partial charge in [0.1, 0.15) is 18.5 Å². The third-order valence-corrected chi connectivity index (χ3v) is 8.27. The van der Waals surface area contributed by atoms with E-state index in [1.807, 2.05) is 20.8 Å². The first-order valence-electron chi connectivity index (χ1n) is 20.3. The molecule has 1 saturated heterocycles. The van der Waals surface area contributed by atoms with Gasteiger partial charge in [-0.3, -0.25) is 24.3 Å². The van der Waals surface area contributed by atoms with Crippen LogP contribution >= 0.6 is 0 Å². The van der Waals surface area contributed by atoms with Gasteiger partial charge in [0, 0.05) is 23.2 Å². The van der Waals surface area contributed by atoms with Crippen molar-refractivity contribution in [2.24, 2.45) is 21.7 Å². The fraction of sp³-hybridized carbons (Fsp3) is 0.675. The quantitative estimate of drug-likeness (QED) is 0.195. The Hall–Kier alpha value is -4.13. The number of ether oxygens (including phenoxy) is 6. The van der Waals surface area contributed by atoms with Crippen LogP contribution in [0.4, 0.5) is 0 Å². The Morgan fingerprint density at radius 1 is 0.830 bits per heavy atom. The largest absolute Gasteiger partial charge is 0.508 e. The molecule has 3 rings (SSSR count). The van der Waals surface area contributed by atoms with E-state index in [1.54, 1.807) is 18.2 Å². The Bertz CT molecular complexity index is 1740. The molecule has 1 unspecified atom stereocenters. The van der Waals surface area contributed by atoms with E-state index in [1.165, 1.54) is 55.4 Å². The normalized spacial score (nSPS) is 22.2.